The lowest BCUT2D eigenvalue weighted by Gasteiger charge is -2.07. The summed E-state index contributed by atoms with van der Waals surface area (Å²) in [5, 5.41) is 7.92. The molecule has 2 aromatic rings. The first-order chi connectivity index (χ1) is 10.0. The molecule has 0 saturated heterocycles. The van der Waals surface area contributed by atoms with Gasteiger partial charge in [-0.05, 0) is 36.4 Å². The Bertz CT molecular complexity index is 793. The van der Waals surface area contributed by atoms with Gasteiger partial charge in [0, 0.05) is 17.4 Å². The summed E-state index contributed by atoms with van der Waals surface area (Å²) in [6.07, 6.45) is 1.20. The van der Waals surface area contributed by atoms with E-state index in [1.165, 1.54) is 24.4 Å². The van der Waals surface area contributed by atoms with E-state index in [-0.39, 0.29) is 12.3 Å². The number of halogens is 1. The van der Waals surface area contributed by atoms with E-state index in [4.69, 9.17) is 5.11 Å². The van der Waals surface area contributed by atoms with Crippen LogP contribution in [0.3, 0.4) is 0 Å². The standard InChI is InChI=1S/C14H11FN2O3S/c15-13-4-1-9-16-14(13)21(19,20)17-12-7-5-11(6-8-12)3-2-10-18/h1,4-9,17-18H,10H2. The fourth-order valence-electron chi connectivity index (χ4n) is 1.54. The Kier molecular flexibility index (Phi) is 4.52. The molecule has 21 heavy (non-hydrogen) atoms. The number of pyridine rings is 1. The van der Waals surface area contributed by atoms with Gasteiger partial charge in [0.25, 0.3) is 10.0 Å². The Morgan fingerprint density at radius 2 is 1.95 bits per heavy atom. The van der Waals surface area contributed by atoms with Crippen molar-refractivity contribution in [1.29, 1.82) is 0 Å². The topological polar surface area (TPSA) is 79.3 Å². The molecule has 0 saturated carbocycles. The molecule has 108 valence electrons. The summed E-state index contributed by atoms with van der Waals surface area (Å²) in [7, 11) is -4.09. The lowest BCUT2D eigenvalue weighted by atomic mass is 10.2. The summed E-state index contributed by atoms with van der Waals surface area (Å²) in [6.45, 7) is -0.257. The van der Waals surface area contributed by atoms with E-state index in [9.17, 15) is 12.8 Å². The van der Waals surface area contributed by atoms with Gasteiger partial charge in [-0.2, -0.15) is 8.42 Å². The summed E-state index contributed by atoms with van der Waals surface area (Å²) in [6, 6.07) is 8.46. The van der Waals surface area contributed by atoms with Crippen molar-refractivity contribution in [3.63, 3.8) is 0 Å². The molecule has 1 heterocycles. The number of aromatic nitrogens is 1. The summed E-state index contributed by atoms with van der Waals surface area (Å²) in [5.41, 5.74) is 0.880. The normalized spacial score (nSPS) is 10.6. The third kappa shape index (κ3) is 3.78. The van der Waals surface area contributed by atoms with Crippen molar-refractivity contribution in [2.24, 2.45) is 0 Å². The molecule has 5 nitrogen and oxygen atoms in total. The minimum absolute atomic E-state index is 0.257. The van der Waals surface area contributed by atoms with Crippen LogP contribution in [0.25, 0.3) is 0 Å². The van der Waals surface area contributed by atoms with Crippen molar-refractivity contribution in [2.45, 2.75) is 5.03 Å². The second-order valence-electron chi connectivity index (χ2n) is 3.93. The average Bonchev–Trinajstić information content (AvgIpc) is 2.46. The van der Waals surface area contributed by atoms with E-state index in [1.54, 1.807) is 12.1 Å². The van der Waals surface area contributed by atoms with E-state index in [1.807, 2.05) is 0 Å². The monoisotopic (exact) mass is 306 g/mol. The molecule has 1 aromatic heterocycles. The van der Waals surface area contributed by atoms with E-state index < -0.39 is 20.9 Å². The lowest BCUT2D eigenvalue weighted by Crippen LogP contribution is -2.16. The molecule has 0 amide bonds. The third-order valence-electron chi connectivity index (χ3n) is 2.43. The smallest absolute Gasteiger partial charge is 0.282 e. The minimum Gasteiger partial charge on any atom is -0.384 e. The Hall–Kier alpha value is -2.43. The summed E-state index contributed by atoms with van der Waals surface area (Å²) in [5.74, 6) is 4.23. The van der Waals surface area contributed by atoms with Gasteiger partial charge in [-0.15, -0.1) is 0 Å². The van der Waals surface area contributed by atoms with Gasteiger partial charge in [0.05, 0.1) is 0 Å². The Morgan fingerprint density at radius 1 is 1.24 bits per heavy atom. The Morgan fingerprint density at radius 3 is 2.57 bits per heavy atom. The molecular weight excluding hydrogens is 295 g/mol. The number of aliphatic hydroxyl groups excluding tert-OH is 1. The minimum atomic E-state index is -4.09. The van der Waals surface area contributed by atoms with Crippen molar-refractivity contribution in [2.75, 3.05) is 11.3 Å². The highest BCUT2D eigenvalue weighted by Crippen LogP contribution is 2.16. The van der Waals surface area contributed by atoms with Crippen LogP contribution < -0.4 is 4.72 Å². The first-order valence-corrected chi connectivity index (χ1v) is 7.34. The molecule has 1 aromatic carbocycles. The Balaban J connectivity index is 2.23. The molecular formula is C14H11FN2O3S. The zero-order valence-electron chi connectivity index (χ0n) is 10.7. The molecule has 0 bridgehead atoms. The summed E-state index contributed by atoms with van der Waals surface area (Å²) < 4.78 is 39.7. The van der Waals surface area contributed by atoms with Crippen LogP contribution in [0.1, 0.15) is 5.56 Å². The number of hydrogen-bond acceptors (Lipinski definition) is 4. The van der Waals surface area contributed by atoms with E-state index in [0.29, 0.717) is 5.56 Å². The van der Waals surface area contributed by atoms with Crippen LogP contribution in [-0.2, 0) is 10.0 Å². The van der Waals surface area contributed by atoms with Gasteiger partial charge in [0.2, 0.25) is 5.03 Å². The van der Waals surface area contributed by atoms with Gasteiger partial charge in [0.1, 0.15) is 6.61 Å². The zero-order chi connectivity index (χ0) is 15.3. The number of anilines is 1. The first-order valence-electron chi connectivity index (χ1n) is 5.86. The van der Waals surface area contributed by atoms with Gasteiger partial charge < -0.3 is 5.11 Å². The van der Waals surface area contributed by atoms with Gasteiger partial charge in [-0.25, -0.2) is 9.37 Å². The van der Waals surface area contributed by atoms with Crippen molar-refractivity contribution in [3.05, 3.63) is 54.0 Å². The number of aliphatic hydroxyl groups is 1. The SMILES string of the molecule is O=S(=O)(Nc1ccc(C#CCO)cc1)c1ncccc1F. The molecule has 7 heteroatoms. The number of sulfonamides is 1. The second kappa shape index (κ2) is 6.35. The van der Waals surface area contributed by atoms with Crippen LogP contribution in [0.5, 0.6) is 0 Å². The molecule has 0 aliphatic carbocycles. The van der Waals surface area contributed by atoms with Crippen molar-refractivity contribution >= 4 is 15.7 Å². The van der Waals surface area contributed by atoms with Crippen LogP contribution in [0.2, 0.25) is 0 Å². The highest BCUT2D eigenvalue weighted by Gasteiger charge is 2.20. The van der Waals surface area contributed by atoms with Gasteiger partial charge in [0.15, 0.2) is 5.82 Å². The van der Waals surface area contributed by atoms with Crippen LogP contribution in [0.4, 0.5) is 10.1 Å². The number of benzene rings is 1. The molecule has 0 fully saturated rings. The predicted octanol–water partition coefficient (Wildman–Crippen LogP) is 1.37. The fourth-order valence-corrected chi connectivity index (χ4v) is 2.60. The molecule has 0 aliphatic rings. The zero-order valence-corrected chi connectivity index (χ0v) is 11.6. The van der Waals surface area contributed by atoms with Crippen molar-refractivity contribution in [1.82, 2.24) is 4.98 Å². The average molecular weight is 306 g/mol. The maximum atomic E-state index is 13.5. The molecule has 0 radical (unpaired) electrons. The molecule has 2 N–H and O–H groups in total. The summed E-state index contributed by atoms with van der Waals surface area (Å²) >= 11 is 0. The molecule has 0 atom stereocenters. The summed E-state index contributed by atoms with van der Waals surface area (Å²) in [4.78, 5) is 3.53. The number of nitrogens with one attached hydrogen (secondary N) is 1. The molecule has 0 spiro atoms. The van der Waals surface area contributed by atoms with Gasteiger partial charge in [-0.1, -0.05) is 11.8 Å². The lowest BCUT2D eigenvalue weighted by molar-refractivity contribution is 0.350. The first kappa shape index (κ1) is 15.0. The van der Waals surface area contributed by atoms with Crippen molar-refractivity contribution < 1.29 is 17.9 Å². The third-order valence-corrected chi connectivity index (χ3v) is 3.74. The number of hydrogen-bond donors (Lipinski definition) is 2. The maximum Gasteiger partial charge on any atom is 0.282 e. The van der Waals surface area contributed by atoms with E-state index >= 15 is 0 Å². The van der Waals surface area contributed by atoms with Crippen LogP contribution in [-0.4, -0.2) is 25.1 Å². The Labute approximate surface area is 121 Å². The quantitative estimate of drug-likeness (QED) is 0.839. The van der Waals surface area contributed by atoms with Crippen molar-refractivity contribution in [3.8, 4) is 11.8 Å². The van der Waals surface area contributed by atoms with Crippen LogP contribution >= 0.6 is 0 Å². The number of nitrogens with zero attached hydrogens (tertiary/aromatic N) is 1. The van der Waals surface area contributed by atoms with Crippen LogP contribution in [0, 0.1) is 17.7 Å². The maximum absolute atomic E-state index is 13.5. The largest absolute Gasteiger partial charge is 0.384 e. The predicted molar refractivity (Wildman–Crippen MR) is 75.4 cm³/mol. The van der Waals surface area contributed by atoms with Gasteiger partial charge in [-0.3, -0.25) is 4.72 Å². The second-order valence-corrected chi connectivity index (χ2v) is 5.53. The van der Waals surface area contributed by atoms with E-state index in [2.05, 4.69) is 21.5 Å². The molecule has 0 unspecified atom stereocenters. The van der Waals surface area contributed by atoms with Crippen LogP contribution in [0.15, 0.2) is 47.6 Å². The fraction of sp³-hybridized carbons (Fsp3) is 0.0714. The molecule has 0 aliphatic heterocycles. The molecule has 2 rings (SSSR count). The highest BCUT2D eigenvalue weighted by molar-refractivity contribution is 7.92. The highest BCUT2D eigenvalue weighted by atomic mass is 32.2. The van der Waals surface area contributed by atoms with Gasteiger partial charge >= 0.3 is 0 Å². The van der Waals surface area contributed by atoms with E-state index in [0.717, 1.165) is 6.07 Å². The number of rotatable bonds is 3.